The van der Waals surface area contributed by atoms with Crippen LogP contribution in [0.3, 0.4) is 0 Å². The molecule has 0 saturated heterocycles. The summed E-state index contributed by atoms with van der Waals surface area (Å²) >= 11 is 2.88. The van der Waals surface area contributed by atoms with Crippen LogP contribution in [0.15, 0.2) is 16.6 Å². The topological polar surface area (TPSA) is 60.2 Å². The molecular weight excluding hydrogens is 293 g/mol. The monoisotopic (exact) mass is 303 g/mol. The van der Waals surface area contributed by atoms with E-state index < -0.39 is 10.7 Å². The maximum Gasteiger partial charge on any atom is 0.274 e. The third-order valence-electron chi connectivity index (χ3n) is 2.23. The van der Waals surface area contributed by atoms with Gasteiger partial charge in [0.25, 0.3) is 5.69 Å². The van der Waals surface area contributed by atoms with Crippen molar-refractivity contribution in [3.63, 3.8) is 0 Å². The summed E-state index contributed by atoms with van der Waals surface area (Å²) < 4.78 is 13.3. The molecule has 0 spiro atoms. The smallest absolute Gasteiger partial charge is 0.274 e. The molecule has 17 heavy (non-hydrogen) atoms. The molecule has 0 radical (unpaired) electrons. The lowest BCUT2D eigenvalue weighted by Crippen LogP contribution is -2.05. The van der Waals surface area contributed by atoms with Gasteiger partial charge in [-0.05, 0) is 28.4 Å². The molecule has 0 N–H and O–H groups in total. The first-order valence-corrected chi connectivity index (χ1v) is 5.89. The standard InChI is InChI=1S/C11H11BrFNO3/c1-2-3-8(15)4-7-5-10(13)9(12)6-11(7)14(16)17/h5-6H,2-4H2,1H3. The SMILES string of the molecule is CCCC(=O)Cc1cc(F)c(Br)cc1[N+](=O)[O-]. The molecular formula is C11H11BrFNO3. The van der Waals surface area contributed by atoms with Crippen LogP contribution in [0.2, 0.25) is 0 Å². The van der Waals surface area contributed by atoms with Crippen LogP contribution >= 0.6 is 15.9 Å². The number of rotatable bonds is 5. The van der Waals surface area contributed by atoms with Gasteiger partial charge in [-0.2, -0.15) is 0 Å². The number of hydrogen-bond acceptors (Lipinski definition) is 3. The van der Waals surface area contributed by atoms with E-state index in [0.717, 1.165) is 12.1 Å². The molecule has 0 aliphatic carbocycles. The van der Waals surface area contributed by atoms with Gasteiger partial charge < -0.3 is 0 Å². The number of nitro benzene ring substituents is 1. The van der Waals surface area contributed by atoms with Gasteiger partial charge >= 0.3 is 0 Å². The number of hydrogen-bond donors (Lipinski definition) is 0. The number of nitro groups is 1. The lowest BCUT2D eigenvalue weighted by molar-refractivity contribution is -0.385. The van der Waals surface area contributed by atoms with Gasteiger partial charge in [0, 0.05) is 24.5 Å². The fourth-order valence-corrected chi connectivity index (χ4v) is 1.80. The van der Waals surface area contributed by atoms with Crippen molar-refractivity contribution in [3.05, 3.63) is 38.1 Å². The second-order valence-electron chi connectivity index (χ2n) is 3.62. The zero-order valence-electron chi connectivity index (χ0n) is 9.20. The average Bonchev–Trinajstić information content (AvgIpc) is 2.23. The van der Waals surface area contributed by atoms with E-state index >= 15 is 0 Å². The molecule has 0 unspecified atom stereocenters. The predicted octanol–water partition coefficient (Wildman–Crippen LogP) is 3.41. The molecule has 0 bridgehead atoms. The first-order chi connectivity index (χ1) is 7.95. The Morgan fingerprint density at radius 3 is 2.71 bits per heavy atom. The summed E-state index contributed by atoms with van der Waals surface area (Å²) in [7, 11) is 0. The number of Topliss-reactive ketones (excluding diaryl/α,β-unsaturated/α-hetero) is 1. The lowest BCUT2D eigenvalue weighted by atomic mass is 10.0. The summed E-state index contributed by atoms with van der Waals surface area (Å²) in [5, 5.41) is 10.8. The summed E-state index contributed by atoms with van der Waals surface area (Å²) in [4.78, 5) is 21.6. The van der Waals surface area contributed by atoms with Crippen molar-refractivity contribution < 1.29 is 14.1 Å². The van der Waals surface area contributed by atoms with Gasteiger partial charge in [-0.3, -0.25) is 14.9 Å². The minimum Gasteiger partial charge on any atom is -0.299 e. The van der Waals surface area contributed by atoms with Gasteiger partial charge in [0.2, 0.25) is 0 Å². The maximum atomic E-state index is 13.3. The Balaban J connectivity index is 3.08. The lowest BCUT2D eigenvalue weighted by Gasteiger charge is -2.03. The molecule has 0 atom stereocenters. The van der Waals surface area contributed by atoms with Crippen LogP contribution in [-0.4, -0.2) is 10.7 Å². The Labute approximate surface area is 106 Å². The largest absolute Gasteiger partial charge is 0.299 e. The number of carbonyl (C=O) groups is 1. The van der Waals surface area contributed by atoms with Gasteiger partial charge in [0.15, 0.2) is 0 Å². The zero-order valence-corrected chi connectivity index (χ0v) is 10.8. The summed E-state index contributed by atoms with van der Waals surface area (Å²) in [6.45, 7) is 1.84. The Kier molecular flexibility index (Phi) is 4.74. The molecule has 1 aromatic rings. The minimum absolute atomic E-state index is 0.0240. The molecule has 0 aliphatic rings. The van der Waals surface area contributed by atoms with Crippen molar-refractivity contribution in [3.8, 4) is 0 Å². The van der Waals surface area contributed by atoms with Crippen molar-refractivity contribution in [2.24, 2.45) is 0 Å². The number of carbonyl (C=O) groups excluding carboxylic acids is 1. The third-order valence-corrected chi connectivity index (χ3v) is 2.84. The van der Waals surface area contributed by atoms with E-state index in [-0.39, 0.29) is 27.9 Å². The second kappa shape index (κ2) is 5.86. The van der Waals surface area contributed by atoms with E-state index in [9.17, 15) is 19.3 Å². The van der Waals surface area contributed by atoms with Gasteiger partial charge in [-0.25, -0.2) is 4.39 Å². The van der Waals surface area contributed by atoms with Crippen LogP contribution in [0, 0.1) is 15.9 Å². The van der Waals surface area contributed by atoms with Gasteiger partial charge in [0.05, 0.1) is 9.40 Å². The van der Waals surface area contributed by atoms with Gasteiger partial charge in [-0.1, -0.05) is 6.92 Å². The van der Waals surface area contributed by atoms with E-state index in [4.69, 9.17) is 0 Å². The predicted molar refractivity (Wildman–Crippen MR) is 64.4 cm³/mol. The molecule has 0 heterocycles. The third kappa shape index (κ3) is 3.59. The van der Waals surface area contributed by atoms with Crippen LogP contribution < -0.4 is 0 Å². The van der Waals surface area contributed by atoms with E-state index in [1.807, 2.05) is 6.92 Å². The van der Waals surface area contributed by atoms with Crippen LogP contribution in [0.4, 0.5) is 10.1 Å². The molecule has 1 aromatic carbocycles. The summed E-state index contributed by atoms with van der Waals surface area (Å²) in [6, 6.07) is 2.12. The average molecular weight is 304 g/mol. The van der Waals surface area contributed by atoms with Crippen molar-refractivity contribution in [2.75, 3.05) is 0 Å². The highest BCUT2D eigenvalue weighted by atomic mass is 79.9. The van der Waals surface area contributed by atoms with Crippen molar-refractivity contribution in [1.82, 2.24) is 0 Å². The molecule has 4 nitrogen and oxygen atoms in total. The Morgan fingerprint density at radius 1 is 1.53 bits per heavy atom. The molecule has 92 valence electrons. The van der Waals surface area contributed by atoms with E-state index in [2.05, 4.69) is 15.9 Å². The number of nitrogens with zero attached hydrogens (tertiary/aromatic N) is 1. The molecule has 0 aliphatic heterocycles. The molecule has 0 aromatic heterocycles. The van der Waals surface area contributed by atoms with Crippen LogP contribution in [-0.2, 0) is 11.2 Å². The number of benzene rings is 1. The highest BCUT2D eigenvalue weighted by molar-refractivity contribution is 9.10. The molecule has 0 saturated carbocycles. The Morgan fingerprint density at radius 2 is 2.18 bits per heavy atom. The first kappa shape index (κ1) is 13.8. The van der Waals surface area contributed by atoms with Crippen molar-refractivity contribution in [1.29, 1.82) is 0 Å². The van der Waals surface area contributed by atoms with Crippen LogP contribution in [0.25, 0.3) is 0 Å². The molecule has 0 fully saturated rings. The summed E-state index contributed by atoms with van der Waals surface area (Å²) in [5.74, 6) is -0.729. The highest BCUT2D eigenvalue weighted by Gasteiger charge is 2.19. The van der Waals surface area contributed by atoms with Crippen LogP contribution in [0.1, 0.15) is 25.3 Å². The van der Waals surface area contributed by atoms with Gasteiger partial charge in [-0.15, -0.1) is 0 Å². The van der Waals surface area contributed by atoms with Crippen molar-refractivity contribution in [2.45, 2.75) is 26.2 Å². The minimum atomic E-state index is -0.612. The van der Waals surface area contributed by atoms with Gasteiger partial charge in [0.1, 0.15) is 11.6 Å². The zero-order chi connectivity index (χ0) is 13.0. The first-order valence-electron chi connectivity index (χ1n) is 5.09. The fourth-order valence-electron chi connectivity index (χ4n) is 1.47. The quantitative estimate of drug-likeness (QED) is 0.618. The van der Waals surface area contributed by atoms with E-state index in [1.54, 1.807) is 0 Å². The number of halogens is 2. The molecule has 1 rings (SSSR count). The molecule has 0 amide bonds. The van der Waals surface area contributed by atoms with Crippen molar-refractivity contribution >= 4 is 27.4 Å². The highest BCUT2D eigenvalue weighted by Crippen LogP contribution is 2.27. The summed E-state index contributed by atoms with van der Waals surface area (Å²) in [5.41, 5.74) is -0.114. The van der Waals surface area contributed by atoms with E-state index in [0.29, 0.717) is 12.8 Å². The number of ketones is 1. The molecule has 6 heteroatoms. The van der Waals surface area contributed by atoms with E-state index in [1.165, 1.54) is 0 Å². The summed E-state index contributed by atoms with van der Waals surface area (Å²) in [6.07, 6.45) is 0.912. The Bertz CT molecular complexity index is 462. The maximum absolute atomic E-state index is 13.3. The Hall–Kier alpha value is -1.30. The second-order valence-corrected chi connectivity index (χ2v) is 4.47. The van der Waals surface area contributed by atoms with Crippen LogP contribution in [0.5, 0.6) is 0 Å². The fraction of sp³-hybridized carbons (Fsp3) is 0.364. The normalized spacial score (nSPS) is 10.3.